The molecule has 1 heterocycles. The van der Waals surface area contributed by atoms with Gasteiger partial charge in [-0.05, 0) is 11.1 Å². The van der Waals surface area contributed by atoms with E-state index in [1.807, 2.05) is 70.5 Å². The van der Waals surface area contributed by atoms with Gasteiger partial charge in [-0.25, -0.2) is 0 Å². The molecule has 0 N–H and O–H groups in total. The van der Waals surface area contributed by atoms with Gasteiger partial charge in [0.05, 0.1) is 52.7 Å². The van der Waals surface area contributed by atoms with Crippen LogP contribution in [0.1, 0.15) is 11.1 Å². The smallest absolute Gasteiger partial charge is 0.320 e. The van der Waals surface area contributed by atoms with Crippen LogP contribution in [-0.2, 0) is 46.5 Å². The third-order valence-electron chi connectivity index (χ3n) is 5.77. The molecule has 0 amide bonds. The molecule has 0 radical (unpaired) electrons. The van der Waals surface area contributed by atoms with E-state index in [0.717, 1.165) is 11.1 Å². The molecule has 0 atom stereocenters. The highest BCUT2D eigenvalue weighted by atomic mass is 16.5. The van der Waals surface area contributed by atoms with Crippen LogP contribution in [0.2, 0.25) is 0 Å². The molecule has 9 nitrogen and oxygen atoms in total. The van der Waals surface area contributed by atoms with Crippen molar-refractivity contribution in [2.75, 3.05) is 78.9 Å². The monoisotopic (exact) mass is 514 g/mol. The average Bonchev–Trinajstić information content (AvgIpc) is 2.93. The van der Waals surface area contributed by atoms with Crippen LogP contribution in [-0.4, -0.2) is 101 Å². The average molecular weight is 515 g/mol. The van der Waals surface area contributed by atoms with E-state index in [-0.39, 0.29) is 38.2 Å². The maximum Gasteiger partial charge on any atom is 0.320 e. The Bertz CT molecular complexity index is 824. The molecule has 0 aromatic heterocycles. The van der Waals surface area contributed by atoms with E-state index in [9.17, 15) is 9.59 Å². The molecular formula is C28H38N2O7. The largest absolute Gasteiger partial charge is 0.460 e. The maximum absolute atomic E-state index is 12.4. The predicted molar refractivity (Wildman–Crippen MR) is 138 cm³/mol. The number of rotatable bonds is 8. The number of benzene rings is 2. The summed E-state index contributed by atoms with van der Waals surface area (Å²) in [5.41, 5.74) is 1.90. The summed E-state index contributed by atoms with van der Waals surface area (Å²) in [7, 11) is 0. The Hall–Kier alpha value is -2.82. The lowest BCUT2D eigenvalue weighted by Gasteiger charge is -2.22. The molecule has 2 aromatic carbocycles. The molecule has 1 aliphatic heterocycles. The predicted octanol–water partition coefficient (Wildman–Crippen LogP) is 2.14. The van der Waals surface area contributed by atoms with E-state index in [1.54, 1.807) is 0 Å². The van der Waals surface area contributed by atoms with Gasteiger partial charge in [0, 0.05) is 26.2 Å². The number of carbonyl (C=O) groups is 2. The molecule has 1 fully saturated rings. The van der Waals surface area contributed by atoms with Crippen molar-refractivity contribution in [1.29, 1.82) is 0 Å². The zero-order valence-electron chi connectivity index (χ0n) is 21.4. The van der Waals surface area contributed by atoms with Gasteiger partial charge < -0.3 is 23.7 Å². The van der Waals surface area contributed by atoms with Crippen molar-refractivity contribution >= 4 is 11.9 Å². The summed E-state index contributed by atoms with van der Waals surface area (Å²) in [5.74, 6) is -0.574. The van der Waals surface area contributed by atoms with Gasteiger partial charge in [0.15, 0.2) is 0 Å². The summed E-state index contributed by atoms with van der Waals surface area (Å²) in [5, 5.41) is 0. The van der Waals surface area contributed by atoms with Crippen LogP contribution >= 0.6 is 0 Å². The highest BCUT2D eigenvalue weighted by molar-refractivity contribution is 5.72. The van der Waals surface area contributed by atoms with E-state index < -0.39 is 0 Å². The van der Waals surface area contributed by atoms with Crippen molar-refractivity contribution in [3.8, 4) is 0 Å². The fraction of sp³-hybridized carbons (Fsp3) is 0.500. The second-order valence-corrected chi connectivity index (χ2v) is 8.68. The molecule has 1 saturated heterocycles. The van der Waals surface area contributed by atoms with Gasteiger partial charge in [0.25, 0.3) is 0 Å². The summed E-state index contributed by atoms with van der Waals surface area (Å²) >= 11 is 0. The van der Waals surface area contributed by atoms with Crippen LogP contribution in [0.15, 0.2) is 60.7 Å². The van der Waals surface area contributed by atoms with Gasteiger partial charge >= 0.3 is 11.9 Å². The molecule has 2 aromatic rings. The van der Waals surface area contributed by atoms with Gasteiger partial charge in [-0.3, -0.25) is 19.4 Å². The first kappa shape index (κ1) is 28.7. The standard InChI is InChI=1S/C28H38N2O7/c31-27(36-23-25-7-3-1-4-8-25)21-29-11-15-33-16-12-30(14-18-35-20-19-34-17-13-29)22-28(32)37-24-26-9-5-2-6-10-26/h1-10H,11-24H2. The van der Waals surface area contributed by atoms with E-state index in [2.05, 4.69) is 0 Å². The second kappa shape index (κ2) is 17.6. The van der Waals surface area contributed by atoms with Crippen molar-refractivity contribution in [3.05, 3.63) is 71.8 Å². The molecule has 9 heteroatoms. The van der Waals surface area contributed by atoms with E-state index in [1.165, 1.54) is 0 Å². The van der Waals surface area contributed by atoms with Crippen LogP contribution in [0.4, 0.5) is 0 Å². The zero-order chi connectivity index (χ0) is 26.0. The van der Waals surface area contributed by atoms with E-state index >= 15 is 0 Å². The molecular weight excluding hydrogens is 476 g/mol. The van der Waals surface area contributed by atoms with E-state index in [4.69, 9.17) is 23.7 Å². The van der Waals surface area contributed by atoms with Crippen LogP contribution in [0.3, 0.4) is 0 Å². The maximum atomic E-state index is 12.4. The topological polar surface area (TPSA) is 86.8 Å². The van der Waals surface area contributed by atoms with Crippen molar-refractivity contribution in [3.63, 3.8) is 0 Å². The minimum Gasteiger partial charge on any atom is -0.460 e. The lowest BCUT2D eigenvalue weighted by Crippen LogP contribution is -2.38. The van der Waals surface area contributed by atoms with Gasteiger partial charge in [-0.15, -0.1) is 0 Å². The Morgan fingerprint density at radius 2 is 0.919 bits per heavy atom. The Balaban J connectivity index is 1.41. The first-order chi connectivity index (χ1) is 18.2. The Labute approximate surface area is 219 Å². The van der Waals surface area contributed by atoms with Gasteiger partial charge in [-0.1, -0.05) is 60.7 Å². The summed E-state index contributed by atoms with van der Waals surface area (Å²) < 4.78 is 28.0. The third-order valence-corrected chi connectivity index (χ3v) is 5.77. The highest BCUT2D eigenvalue weighted by Gasteiger charge is 2.15. The molecule has 0 unspecified atom stereocenters. The Morgan fingerprint density at radius 3 is 1.30 bits per heavy atom. The van der Waals surface area contributed by atoms with Crippen LogP contribution in [0.5, 0.6) is 0 Å². The number of nitrogens with zero attached hydrogens (tertiary/aromatic N) is 2. The molecule has 0 aliphatic carbocycles. The van der Waals surface area contributed by atoms with Gasteiger partial charge in [0.1, 0.15) is 13.2 Å². The molecule has 0 saturated carbocycles. The lowest BCUT2D eigenvalue weighted by molar-refractivity contribution is -0.147. The van der Waals surface area contributed by atoms with Crippen LogP contribution in [0.25, 0.3) is 0 Å². The number of esters is 2. The molecule has 3 rings (SSSR count). The minimum atomic E-state index is -0.287. The first-order valence-electron chi connectivity index (χ1n) is 12.8. The first-order valence-corrected chi connectivity index (χ1v) is 12.8. The quantitative estimate of drug-likeness (QED) is 0.492. The van der Waals surface area contributed by atoms with Gasteiger partial charge in [0.2, 0.25) is 0 Å². The number of hydrogen-bond donors (Lipinski definition) is 0. The molecule has 202 valence electrons. The Kier molecular flexibility index (Phi) is 13.7. The number of carbonyl (C=O) groups excluding carboxylic acids is 2. The number of ether oxygens (including phenoxy) is 5. The van der Waals surface area contributed by atoms with E-state index in [0.29, 0.717) is 65.8 Å². The van der Waals surface area contributed by atoms with Crippen LogP contribution in [0, 0.1) is 0 Å². The third kappa shape index (κ3) is 12.8. The fourth-order valence-electron chi connectivity index (χ4n) is 3.67. The highest BCUT2D eigenvalue weighted by Crippen LogP contribution is 2.03. The summed E-state index contributed by atoms with van der Waals surface area (Å²) in [6, 6.07) is 19.2. The summed E-state index contributed by atoms with van der Waals surface area (Å²) in [4.78, 5) is 28.7. The normalized spacial score (nSPS) is 17.3. The van der Waals surface area contributed by atoms with Crippen molar-refractivity contribution < 1.29 is 33.3 Å². The van der Waals surface area contributed by atoms with Crippen molar-refractivity contribution in [1.82, 2.24) is 9.80 Å². The van der Waals surface area contributed by atoms with Gasteiger partial charge in [-0.2, -0.15) is 0 Å². The summed E-state index contributed by atoms with van der Waals surface area (Å²) in [6.07, 6.45) is 0. The van der Waals surface area contributed by atoms with Crippen molar-refractivity contribution in [2.45, 2.75) is 13.2 Å². The molecule has 37 heavy (non-hydrogen) atoms. The minimum absolute atomic E-state index is 0.162. The zero-order valence-corrected chi connectivity index (χ0v) is 21.4. The molecule has 1 aliphatic rings. The van der Waals surface area contributed by atoms with Crippen LogP contribution < -0.4 is 0 Å². The SMILES string of the molecule is O=C(CN1CCOCCOCCN(CC(=O)OCc2ccccc2)CCOCC1)OCc1ccccc1. The summed E-state index contributed by atoms with van der Waals surface area (Å²) in [6.45, 7) is 5.93. The second-order valence-electron chi connectivity index (χ2n) is 8.68. The number of hydrogen-bond acceptors (Lipinski definition) is 9. The lowest BCUT2D eigenvalue weighted by atomic mass is 10.2. The molecule has 0 spiro atoms. The Morgan fingerprint density at radius 1 is 0.568 bits per heavy atom. The molecule has 0 bridgehead atoms. The fourth-order valence-corrected chi connectivity index (χ4v) is 3.67. The van der Waals surface area contributed by atoms with Crippen molar-refractivity contribution in [2.24, 2.45) is 0 Å².